The molecule has 0 unspecified atom stereocenters. The maximum atomic E-state index is 11.9. The molecule has 0 heterocycles. The fourth-order valence-electron chi connectivity index (χ4n) is 1.98. The Bertz CT molecular complexity index is 626. The summed E-state index contributed by atoms with van der Waals surface area (Å²) in [4.78, 5) is 11.9. The molecule has 0 aliphatic carbocycles. The number of carbonyl (C=O) groups is 1. The molecule has 21 heavy (non-hydrogen) atoms. The summed E-state index contributed by atoms with van der Waals surface area (Å²) >= 11 is 6.00. The minimum absolute atomic E-state index is 0.0467. The van der Waals surface area contributed by atoms with Gasteiger partial charge in [-0.05, 0) is 29.7 Å². The van der Waals surface area contributed by atoms with E-state index in [0.717, 1.165) is 11.3 Å². The number of nitrogens with one attached hydrogen (secondary N) is 1. The number of benzene rings is 2. The summed E-state index contributed by atoms with van der Waals surface area (Å²) in [5, 5.41) is 3.24. The van der Waals surface area contributed by atoms with Gasteiger partial charge in [0.05, 0.1) is 10.7 Å². The zero-order valence-electron chi connectivity index (χ0n) is 12.1. The van der Waals surface area contributed by atoms with Crippen molar-refractivity contribution >= 4 is 23.2 Å². The predicted molar refractivity (Wildman–Crippen MR) is 86.1 cm³/mol. The number of anilines is 1. The Labute approximate surface area is 129 Å². The number of hydrogen-bond acceptors (Lipinski definition) is 2. The normalized spacial score (nSPS) is 10.5. The summed E-state index contributed by atoms with van der Waals surface area (Å²) in [6.07, 6.45) is 0. The van der Waals surface area contributed by atoms with Crippen LogP contribution in [0.2, 0.25) is 5.02 Å². The summed E-state index contributed by atoms with van der Waals surface area (Å²) in [7, 11) is 0. The minimum atomic E-state index is -0.235. The van der Waals surface area contributed by atoms with E-state index in [9.17, 15) is 4.79 Å². The maximum absolute atomic E-state index is 11.9. The average Bonchev–Trinajstić information content (AvgIpc) is 2.48. The largest absolute Gasteiger partial charge is 0.483 e. The van der Waals surface area contributed by atoms with Crippen LogP contribution in [0.25, 0.3) is 0 Å². The van der Waals surface area contributed by atoms with Crippen LogP contribution in [0.4, 0.5) is 5.69 Å². The maximum Gasteiger partial charge on any atom is 0.262 e. The number of hydrogen-bond donors (Lipinski definition) is 1. The standard InChI is InChI=1S/C17H18ClNO2/c1-12(2)13-7-3-6-10-16(13)21-11-17(20)19-15-9-5-4-8-14(15)18/h3-10,12H,11H2,1-2H3,(H,19,20). The lowest BCUT2D eigenvalue weighted by molar-refractivity contribution is -0.118. The van der Waals surface area contributed by atoms with Crippen molar-refractivity contribution in [3.05, 3.63) is 59.1 Å². The lowest BCUT2D eigenvalue weighted by Gasteiger charge is -2.14. The Morgan fingerprint density at radius 2 is 1.81 bits per heavy atom. The summed E-state index contributed by atoms with van der Waals surface area (Å²) in [6.45, 7) is 4.13. The molecule has 110 valence electrons. The highest BCUT2D eigenvalue weighted by molar-refractivity contribution is 6.33. The first-order valence-corrected chi connectivity index (χ1v) is 7.22. The lowest BCUT2D eigenvalue weighted by Crippen LogP contribution is -2.20. The second-order valence-electron chi connectivity index (χ2n) is 5.01. The van der Waals surface area contributed by atoms with Gasteiger partial charge in [-0.3, -0.25) is 4.79 Å². The van der Waals surface area contributed by atoms with E-state index in [4.69, 9.17) is 16.3 Å². The number of para-hydroxylation sites is 2. The van der Waals surface area contributed by atoms with E-state index in [1.165, 1.54) is 0 Å². The number of halogens is 1. The van der Waals surface area contributed by atoms with Crippen LogP contribution in [0.15, 0.2) is 48.5 Å². The SMILES string of the molecule is CC(C)c1ccccc1OCC(=O)Nc1ccccc1Cl. The molecule has 2 aromatic rings. The molecule has 0 aromatic heterocycles. The van der Waals surface area contributed by atoms with Crippen LogP contribution >= 0.6 is 11.6 Å². The third-order valence-electron chi connectivity index (χ3n) is 3.05. The van der Waals surface area contributed by atoms with Gasteiger partial charge in [0.1, 0.15) is 5.75 Å². The van der Waals surface area contributed by atoms with Crippen LogP contribution in [0, 0.1) is 0 Å². The van der Waals surface area contributed by atoms with Crippen molar-refractivity contribution in [1.82, 2.24) is 0 Å². The van der Waals surface area contributed by atoms with Crippen molar-refractivity contribution in [2.45, 2.75) is 19.8 Å². The van der Waals surface area contributed by atoms with Gasteiger partial charge in [-0.1, -0.05) is 55.8 Å². The second kappa shape index (κ2) is 7.14. The number of rotatable bonds is 5. The summed E-state index contributed by atoms with van der Waals surface area (Å²) in [5.74, 6) is 0.844. The van der Waals surface area contributed by atoms with E-state index in [1.54, 1.807) is 12.1 Å². The molecule has 0 atom stereocenters. The number of ether oxygens (including phenoxy) is 1. The Kier molecular flexibility index (Phi) is 5.23. The van der Waals surface area contributed by atoms with Gasteiger partial charge in [0.15, 0.2) is 6.61 Å². The van der Waals surface area contributed by atoms with Crippen molar-refractivity contribution in [2.24, 2.45) is 0 Å². The van der Waals surface area contributed by atoms with Crippen molar-refractivity contribution in [3.63, 3.8) is 0 Å². The van der Waals surface area contributed by atoms with Crippen LogP contribution in [-0.4, -0.2) is 12.5 Å². The van der Waals surface area contributed by atoms with Gasteiger partial charge in [0.25, 0.3) is 5.91 Å². The highest BCUT2D eigenvalue weighted by Gasteiger charge is 2.10. The Morgan fingerprint density at radius 3 is 2.52 bits per heavy atom. The van der Waals surface area contributed by atoms with Crippen molar-refractivity contribution in [1.29, 1.82) is 0 Å². The van der Waals surface area contributed by atoms with Crippen LogP contribution < -0.4 is 10.1 Å². The van der Waals surface area contributed by atoms with E-state index < -0.39 is 0 Å². The zero-order valence-corrected chi connectivity index (χ0v) is 12.9. The van der Waals surface area contributed by atoms with E-state index in [1.807, 2.05) is 36.4 Å². The molecule has 0 aliphatic rings. The summed E-state index contributed by atoms with van der Waals surface area (Å²) in [5.41, 5.74) is 1.67. The second-order valence-corrected chi connectivity index (χ2v) is 5.42. The van der Waals surface area contributed by atoms with Gasteiger partial charge >= 0.3 is 0 Å². The van der Waals surface area contributed by atoms with Crippen LogP contribution in [0.5, 0.6) is 5.75 Å². The molecule has 1 amide bonds. The first kappa shape index (κ1) is 15.4. The zero-order chi connectivity index (χ0) is 15.2. The topological polar surface area (TPSA) is 38.3 Å². The third kappa shape index (κ3) is 4.23. The molecule has 0 bridgehead atoms. The van der Waals surface area contributed by atoms with Gasteiger partial charge in [-0.15, -0.1) is 0 Å². The quantitative estimate of drug-likeness (QED) is 0.884. The van der Waals surface area contributed by atoms with Gasteiger partial charge in [-0.2, -0.15) is 0 Å². The Balaban J connectivity index is 1.97. The molecule has 0 saturated heterocycles. The molecule has 2 aromatic carbocycles. The smallest absolute Gasteiger partial charge is 0.262 e. The Hall–Kier alpha value is -2.00. The predicted octanol–water partition coefficient (Wildman–Crippen LogP) is 4.48. The van der Waals surface area contributed by atoms with Gasteiger partial charge < -0.3 is 10.1 Å². The fraction of sp³-hybridized carbons (Fsp3) is 0.235. The van der Waals surface area contributed by atoms with Crippen LogP contribution in [0.3, 0.4) is 0 Å². The highest BCUT2D eigenvalue weighted by atomic mass is 35.5. The monoisotopic (exact) mass is 303 g/mol. The third-order valence-corrected chi connectivity index (χ3v) is 3.38. The van der Waals surface area contributed by atoms with Gasteiger partial charge in [0.2, 0.25) is 0 Å². The average molecular weight is 304 g/mol. The molecule has 0 fully saturated rings. The van der Waals surface area contributed by atoms with E-state index in [-0.39, 0.29) is 12.5 Å². The molecule has 0 saturated carbocycles. The first-order chi connectivity index (χ1) is 10.1. The van der Waals surface area contributed by atoms with Gasteiger partial charge in [0, 0.05) is 0 Å². The van der Waals surface area contributed by atoms with Crippen LogP contribution in [0.1, 0.15) is 25.3 Å². The lowest BCUT2D eigenvalue weighted by atomic mass is 10.0. The molecule has 3 nitrogen and oxygen atoms in total. The molecule has 2 rings (SSSR count). The Morgan fingerprint density at radius 1 is 1.14 bits per heavy atom. The fourth-order valence-corrected chi connectivity index (χ4v) is 2.16. The molecule has 4 heteroatoms. The van der Waals surface area contributed by atoms with E-state index in [2.05, 4.69) is 19.2 Å². The van der Waals surface area contributed by atoms with Crippen molar-refractivity contribution < 1.29 is 9.53 Å². The molecule has 0 spiro atoms. The molecular formula is C17H18ClNO2. The van der Waals surface area contributed by atoms with Crippen molar-refractivity contribution in [2.75, 3.05) is 11.9 Å². The summed E-state index contributed by atoms with van der Waals surface area (Å²) < 4.78 is 5.62. The molecule has 0 aliphatic heterocycles. The van der Waals surface area contributed by atoms with Gasteiger partial charge in [-0.25, -0.2) is 0 Å². The van der Waals surface area contributed by atoms with E-state index >= 15 is 0 Å². The number of carbonyl (C=O) groups excluding carboxylic acids is 1. The molecular weight excluding hydrogens is 286 g/mol. The number of amides is 1. The minimum Gasteiger partial charge on any atom is -0.483 e. The van der Waals surface area contributed by atoms with E-state index in [0.29, 0.717) is 16.6 Å². The summed E-state index contributed by atoms with van der Waals surface area (Å²) in [6, 6.07) is 14.8. The van der Waals surface area contributed by atoms with Crippen LogP contribution in [-0.2, 0) is 4.79 Å². The van der Waals surface area contributed by atoms with Crippen molar-refractivity contribution in [3.8, 4) is 5.75 Å². The highest BCUT2D eigenvalue weighted by Crippen LogP contribution is 2.26. The first-order valence-electron chi connectivity index (χ1n) is 6.84. The molecule has 1 N–H and O–H groups in total. The molecule has 0 radical (unpaired) electrons.